The number of hydrogen-bond acceptors (Lipinski definition) is 2. The van der Waals surface area contributed by atoms with Crippen molar-refractivity contribution in [2.75, 3.05) is 7.05 Å². The van der Waals surface area contributed by atoms with Gasteiger partial charge in [-0.2, -0.15) is 0 Å². The molecule has 20 heavy (non-hydrogen) atoms. The van der Waals surface area contributed by atoms with Gasteiger partial charge in [0.15, 0.2) is 0 Å². The number of nitrogens with one attached hydrogen (secondary N) is 1. The largest absolute Gasteiger partial charge is 0.312 e. The maximum atomic E-state index is 13.4. The molecule has 0 bridgehead atoms. The highest BCUT2D eigenvalue weighted by Crippen LogP contribution is 2.42. The molecular weight excluding hydrogens is 276 g/mol. The van der Waals surface area contributed by atoms with Gasteiger partial charge in [0, 0.05) is 22.3 Å². The molecule has 1 nitrogen and oxygen atoms in total. The first-order valence-electron chi connectivity index (χ1n) is 6.55. The van der Waals surface area contributed by atoms with Crippen molar-refractivity contribution >= 4 is 11.8 Å². The number of thioether (sulfide) groups is 1. The van der Waals surface area contributed by atoms with Crippen molar-refractivity contribution in [2.24, 2.45) is 0 Å². The summed E-state index contributed by atoms with van der Waals surface area (Å²) in [4.78, 5) is 1.26. The highest BCUT2D eigenvalue weighted by atomic mass is 32.2. The zero-order chi connectivity index (χ0) is 14.1. The van der Waals surface area contributed by atoms with Crippen LogP contribution < -0.4 is 5.32 Å². The summed E-state index contributed by atoms with van der Waals surface area (Å²) in [7, 11) is 1.83. The van der Waals surface area contributed by atoms with Gasteiger partial charge in [0.1, 0.15) is 11.6 Å². The average molecular weight is 291 g/mol. The van der Waals surface area contributed by atoms with Gasteiger partial charge >= 0.3 is 0 Å². The summed E-state index contributed by atoms with van der Waals surface area (Å²) in [5, 5.41) is 3.44. The van der Waals surface area contributed by atoms with Crippen molar-refractivity contribution in [1.82, 2.24) is 5.32 Å². The number of halogens is 2. The topological polar surface area (TPSA) is 12.0 Å². The van der Waals surface area contributed by atoms with Gasteiger partial charge in [0.2, 0.25) is 0 Å². The lowest BCUT2D eigenvalue weighted by Crippen LogP contribution is -2.27. The average Bonchev–Trinajstić information content (AvgIpc) is 2.81. The van der Waals surface area contributed by atoms with Crippen LogP contribution in [0.4, 0.5) is 8.78 Å². The number of benzene rings is 2. The Morgan fingerprint density at radius 3 is 2.50 bits per heavy atom. The Morgan fingerprint density at radius 1 is 1.15 bits per heavy atom. The highest BCUT2D eigenvalue weighted by Gasteiger charge is 2.29. The van der Waals surface area contributed by atoms with Gasteiger partial charge in [-0.25, -0.2) is 8.78 Å². The fourth-order valence-corrected chi connectivity index (χ4v) is 4.20. The lowest BCUT2D eigenvalue weighted by Gasteiger charge is -2.23. The fourth-order valence-electron chi connectivity index (χ4n) is 2.72. The van der Waals surface area contributed by atoms with E-state index < -0.39 is 11.6 Å². The summed E-state index contributed by atoms with van der Waals surface area (Å²) >= 11 is 1.77. The zero-order valence-corrected chi connectivity index (χ0v) is 11.9. The van der Waals surface area contributed by atoms with E-state index in [4.69, 9.17) is 0 Å². The second-order valence-corrected chi connectivity index (χ2v) is 6.22. The molecule has 2 aromatic carbocycles. The molecule has 2 unspecified atom stereocenters. The van der Waals surface area contributed by atoms with Gasteiger partial charge in [0.05, 0.1) is 0 Å². The summed E-state index contributed by atoms with van der Waals surface area (Å²) in [6.45, 7) is 0. The maximum Gasteiger partial charge on any atom is 0.126 e. The molecule has 4 heteroatoms. The molecule has 3 rings (SSSR count). The lowest BCUT2D eigenvalue weighted by atomic mass is 9.98. The SMILES string of the molecule is CNC(c1cc(F)cc(F)c1)C1Cc2ccccc2S1. The van der Waals surface area contributed by atoms with Crippen LogP contribution in [0.2, 0.25) is 0 Å². The third-order valence-corrected chi connectivity index (χ3v) is 4.99. The van der Waals surface area contributed by atoms with E-state index in [0.29, 0.717) is 5.56 Å². The van der Waals surface area contributed by atoms with Gasteiger partial charge in [-0.3, -0.25) is 0 Å². The smallest absolute Gasteiger partial charge is 0.126 e. The Balaban J connectivity index is 1.88. The van der Waals surface area contributed by atoms with Gasteiger partial charge in [-0.1, -0.05) is 18.2 Å². The quantitative estimate of drug-likeness (QED) is 0.919. The minimum absolute atomic E-state index is 0.0717. The molecule has 1 aliphatic rings. The van der Waals surface area contributed by atoms with E-state index in [1.165, 1.54) is 22.6 Å². The molecule has 2 aromatic rings. The summed E-state index contributed by atoms with van der Waals surface area (Å²) in [5.41, 5.74) is 1.97. The van der Waals surface area contributed by atoms with Crippen molar-refractivity contribution in [2.45, 2.75) is 22.6 Å². The van der Waals surface area contributed by atoms with E-state index in [1.54, 1.807) is 11.8 Å². The Labute approximate surface area is 121 Å². The summed E-state index contributed by atoms with van der Waals surface area (Å²) in [6.07, 6.45) is 0.907. The normalized spacial score (nSPS) is 18.9. The number of fused-ring (bicyclic) bond motifs is 1. The Morgan fingerprint density at radius 2 is 1.85 bits per heavy atom. The van der Waals surface area contributed by atoms with Crippen LogP contribution in [0.5, 0.6) is 0 Å². The first-order chi connectivity index (χ1) is 9.67. The highest BCUT2D eigenvalue weighted by molar-refractivity contribution is 8.00. The first-order valence-corrected chi connectivity index (χ1v) is 7.43. The molecule has 2 atom stereocenters. The molecular formula is C16H15F2NS. The summed E-state index contributed by atoms with van der Waals surface area (Å²) in [6, 6.07) is 11.9. The molecule has 1 aliphatic heterocycles. The Kier molecular flexibility index (Phi) is 3.76. The van der Waals surface area contributed by atoms with Crippen molar-refractivity contribution in [3.63, 3.8) is 0 Å². The predicted molar refractivity (Wildman–Crippen MR) is 77.9 cm³/mol. The van der Waals surface area contributed by atoms with Crippen LogP contribution in [0.15, 0.2) is 47.4 Å². The van der Waals surface area contributed by atoms with Crippen molar-refractivity contribution in [3.05, 3.63) is 65.2 Å². The van der Waals surface area contributed by atoms with Crippen LogP contribution in [0.3, 0.4) is 0 Å². The van der Waals surface area contributed by atoms with E-state index in [-0.39, 0.29) is 11.3 Å². The predicted octanol–water partition coefficient (Wildman–Crippen LogP) is 3.94. The van der Waals surface area contributed by atoms with Crippen molar-refractivity contribution in [1.29, 1.82) is 0 Å². The first kappa shape index (κ1) is 13.6. The third kappa shape index (κ3) is 2.58. The fraction of sp³-hybridized carbons (Fsp3) is 0.250. The molecule has 0 fully saturated rings. The summed E-state index contributed by atoms with van der Waals surface area (Å²) in [5.74, 6) is -1.05. The molecule has 0 spiro atoms. The van der Waals surface area contributed by atoms with Crippen LogP contribution in [-0.4, -0.2) is 12.3 Å². The van der Waals surface area contributed by atoms with E-state index in [2.05, 4.69) is 17.4 Å². The molecule has 0 aliphatic carbocycles. The molecule has 1 N–H and O–H groups in total. The summed E-state index contributed by atoms with van der Waals surface area (Å²) < 4.78 is 26.8. The maximum absolute atomic E-state index is 13.4. The van der Waals surface area contributed by atoms with Crippen LogP contribution in [-0.2, 0) is 6.42 Å². The third-order valence-electron chi connectivity index (χ3n) is 3.60. The minimum Gasteiger partial charge on any atom is -0.312 e. The molecule has 0 amide bonds. The lowest BCUT2D eigenvalue weighted by molar-refractivity contribution is 0.540. The zero-order valence-electron chi connectivity index (χ0n) is 11.1. The van der Waals surface area contributed by atoms with Gasteiger partial charge in [-0.05, 0) is 42.8 Å². The van der Waals surface area contributed by atoms with Crippen LogP contribution in [0.1, 0.15) is 17.2 Å². The number of hydrogen-bond donors (Lipinski definition) is 1. The van der Waals surface area contributed by atoms with E-state index >= 15 is 0 Å². The molecule has 0 saturated heterocycles. The van der Waals surface area contributed by atoms with Crippen molar-refractivity contribution < 1.29 is 8.78 Å². The van der Waals surface area contributed by atoms with E-state index in [1.807, 2.05) is 19.2 Å². The minimum atomic E-state index is -0.527. The molecule has 0 aromatic heterocycles. The van der Waals surface area contributed by atoms with Gasteiger partial charge in [0.25, 0.3) is 0 Å². The monoisotopic (exact) mass is 291 g/mol. The molecule has 1 heterocycles. The number of rotatable bonds is 3. The van der Waals surface area contributed by atoms with Crippen LogP contribution in [0, 0.1) is 11.6 Å². The van der Waals surface area contributed by atoms with Crippen LogP contribution in [0.25, 0.3) is 0 Å². The molecule has 0 radical (unpaired) electrons. The Bertz CT molecular complexity index is 584. The molecule has 0 saturated carbocycles. The van der Waals surface area contributed by atoms with Crippen molar-refractivity contribution in [3.8, 4) is 0 Å². The second kappa shape index (κ2) is 5.54. The Hall–Kier alpha value is -1.39. The van der Waals surface area contributed by atoms with Gasteiger partial charge in [-0.15, -0.1) is 11.8 Å². The second-order valence-electron chi connectivity index (χ2n) is 4.94. The van der Waals surface area contributed by atoms with E-state index in [0.717, 1.165) is 12.5 Å². The molecule has 104 valence electrons. The van der Waals surface area contributed by atoms with Gasteiger partial charge < -0.3 is 5.32 Å². The standard InChI is InChI=1S/C16H15F2NS/c1-19-16(11-6-12(17)9-13(18)7-11)15-8-10-4-2-3-5-14(10)20-15/h2-7,9,15-16,19H,8H2,1H3. The van der Waals surface area contributed by atoms with Crippen LogP contribution >= 0.6 is 11.8 Å². The van der Waals surface area contributed by atoms with E-state index in [9.17, 15) is 8.78 Å².